The number of benzene rings is 1. The smallest absolute Gasteiger partial charge is 0.293 e. The van der Waals surface area contributed by atoms with Crippen LogP contribution in [0.3, 0.4) is 0 Å². The van der Waals surface area contributed by atoms with Crippen molar-refractivity contribution in [2.24, 2.45) is 0 Å². The van der Waals surface area contributed by atoms with Gasteiger partial charge in [-0.3, -0.25) is 4.79 Å². The van der Waals surface area contributed by atoms with E-state index < -0.39 is 0 Å². The fourth-order valence-corrected chi connectivity index (χ4v) is 2.03. The van der Waals surface area contributed by atoms with Gasteiger partial charge in [-0.25, -0.2) is 9.37 Å². The molecule has 0 bridgehead atoms. The molecule has 0 spiro atoms. The SMILES string of the molecule is CCCn1ccnc(NC(C)c2cccc(F)c2)c1=O. The van der Waals surface area contributed by atoms with E-state index in [2.05, 4.69) is 10.3 Å². The summed E-state index contributed by atoms with van der Waals surface area (Å²) in [4.78, 5) is 16.2. The normalized spacial score (nSPS) is 12.2. The first kappa shape index (κ1) is 14.2. The van der Waals surface area contributed by atoms with Crippen molar-refractivity contribution in [3.05, 3.63) is 58.4 Å². The number of aryl methyl sites for hydroxylation is 1. The summed E-state index contributed by atoms with van der Waals surface area (Å²) < 4.78 is 14.8. The maximum absolute atomic E-state index is 13.2. The van der Waals surface area contributed by atoms with E-state index in [1.807, 2.05) is 19.9 Å². The molecule has 0 amide bonds. The standard InChI is InChI=1S/C15H18FN3O/c1-3-8-19-9-7-17-14(15(19)20)18-11(2)12-5-4-6-13(16)10-12/h4-7,9-11H,3,8H2,1-2H3,(H,17,18). The van der Waals surface area contributed by atoms with Crippen molar-refractivity contribution >= 4 is 5.82 Å². The molecule has 4 nitrogen and oxygen atoms in total. The van der Waals surface area contributed by atoms with Gasteiger partial charge >= 0.3 is 0 Å². The number of halogens is 1. The first-order valence-electron chi connectivity index (χ1n) is 6.69. The highest BCUT2D eigenvalue weighted by Crippen LogP contribution is 2.16. The molecule has 1 N–H and O–H groups in total. The largest absolute Gasteiger partial charge is 0.359 e. The molecule has 1 unspecified atom stereocenters. The van der Waals surface area contributed by atoms with Crippen LogP contribution in [0.5, 0.6) is 0 Å². The second-order valence-electron chi connectivity index (χ2n) is 4.70. The van der Waals surface area contributed by atoms with Gasteiger partial charge in [0.05, 0.1) is 6.04 Å². The minimum absolute atomic E-state index is 0.155. The van der Waals surface area contributed by atoms with Crippen molar-refractivity contribution in [2.45, 2.75) is 32.9 Å². The second kappa shape index (κ2) is 6.32. The number of nitrogens with one attached hydrogen (secondary N) is 1. The third-order valence-corrected chi connectivity index (χ3v) is 3.08. The predicted molar refractivity (Wildman–Crippen MR) is 77.2 cm³/mol. The molecule has 0 aliphatic carbocycles. The Morgan fingerprint density at radius 2 is 2.25 bits per heavy atom. The molecule has 0 saturated heterocycles. The van der Waals surface area contributed by atoms with Crippen LogP contribution in [0.4, 0.5) is 10.2 Å². The monoisotopic (exact) mass is 275 g/mol. The van der Waals surface area contributed by atoms with E-state index in [4.69, 9.17) is 0 Å². The summed E-state index contributed by atoms with van der Waals surface area (Å²) in [5, 5.41) is 3.04. The van der Waals surface area contributed by atoms with Gasteiger partial charge in [0.15, 0.2) is 5.82 Å². The van der Waals surface area contributed by atoms with Gasteiger partial charge in [-0.05, 0) is 31.0 Å². The molecule has 20 heavy (non-hydrogen) atoms. The fourth-order valence-electron chi connectivity index (χ4n) is 2.03. The molecular formula is C15H18FN3O. The van der Waals surface area contributed by atoms with Gasteiger partial charge in [0.2, 0.25) is 0 Å². The van der Waals surface area contributed by atoms with Crippen LogP contribution in [0.25, 0.3) is 0 Å². The first-order valence-corrected chi connectivity index (χ1v) is 6.69. The fraction of sp³-hybridized carbons (Fsp3) is 0.333. The van der Waals surface area contributed by atoms with Crippen molar-refractivity contribution in [1.82, 2.24) is 9.55 Å². The minimum Gasteiger partial charge on any atom is -0.359 e. The number of anilines is 1. The van der Waals surface area contributed by atoms with E-state index >= 15 is 0 Å². The third kappa shape index (κ3) is 3.23. The molecule has 0 aliphatic heterocycles. The van der Waals surface area contributed by atoms with Crippen molar-refractivity contribution < 1.29 is 4.39 Å². The Labute approximate surface area is 117 Å². The van der Waals surface area contributed by atoms with Crippen LogP contribution >= 0.6 is 0 Å². The van der Waals surface area contributed by atoms with Crippen molar-refractivity contribution in [3.63, 3.8) is 0 Å². The van der Waals surface area contributed by atoms with E-state index in [1.54, 1.807) is 23.0 Å². The van der Waals surface area contributed by atoms with Crippen LogP contribution in [0.15, 0.2) is 41.5 Å². The summed E-state index contributed by atoms with van der Waals surface area (Å²) in [6, 6.07) is 6.12. The molecular weight excluding hydrogens is 257 g/mol. The van der Waals surface area contributed by atoms with Crippen LogP contribution < -0.4 is 10.9 Å². The number of nitrogens with zero attached hydrogens (tertiary/aromatic N) is 2. The second-order valence-corrected chi connectivity index (χ2v) is 4.70. The van der Waals surface area contributed by atoms with E-state index in [0.717, 1.165) is 12.0 Å². The Balaban J connectivity index is 2.22. The Morgan fingerprint density at radius 1 is 1.45 bits per heavy atom. The lowest BCUT2D eigenvalue weighted by Gasteiger charge is -2.15. The molecule has 1 atom stereocenters. The van der Waals surface area contributed by atoms with Crippen molar-refractivity contribution in [1.29, 1.82) is 0 Å². The van der Waals surface area contributed by atoms with E-state index in [-0.39, 0.29) is 23.2 Å². The highest BCUT2D eigenvalue weighted by molar-refractivity contribution is 5.35. The lowest BCUT2D eigenvalue weighted by atomic mass is 10.1. The Bertz CT molecular complexity index is 639. The van der Waals surface area contributed by atoms with Gasteiger partial charge in [-0.2, -0.15) is 0 Å². The molecule has 2 aromatic rings. The van der Waals surface area contributed by atoms with Crippen LogP contribution in [-0.4, -0.2) is 9.55 Å². The topological polar surface area (TPSA) is 46.9 Å². The number of hydrogen-bond donors (Lipinski definition) is 1. The van der Waals surface area contributed by atoms with E-state index in [0.29, 0.717) is 6.54 Å². The molecule has 0 fully saturated rings. The average Bonchev–Trinajstić information content (AvgIpc) is 2.43. The third-order valence-electron chi connectivity index (χ3n) is 3.08. The lowest BCUT2D eigenvalue weighted by molar-refractivity contribution is 0.623. The minimum atomic E-state index is -0.291. The number of aromatic nitrogens is 2. The van der Waals surface area contributed by atoms with Gasteiger partial charge in [0.25, 0.3) is 5.56 Å². The van der Waals surface area contributed by atoms with Crippen LogP contribution in [0, 0.1) is 5.82 Å². The zero-order valence-corrected chi connectivity index (χ0v) is 11.6. The lowest BCUT2D eigenvalue weighted by Crippen LogP contribution is -2.25. The zero-order valence-electron chi connectivity index (χ0n) is 11.6. The summed E-state index contributed by atoms with van der Waals surface area (Å²) in [6.45, 7) is 4.53. The molecule has 5 heteroatoms. The summed E-state index contributed by atoms with van der Waals surface area (Å²) in [7, 11) is 0. The highest BCUT2D eigenvalue weighted by atomic mass is 19.1. The van der Waals surface area contributed by atoms with E-state index in [9.17, 15) is 9.18 Å². The zero-order chi connectivity index (χ0) is 14.5. The molecule has 1 heterocycles. The molecule has 0 saturated carbocycles. The summed E-state index contributed by atoms with van der Waals surface area (Å²) in [6.07, 6.45) is 4.14. The Hall–Kier alpha value is -2.17. The van der Waals surface area contributed by atoms with Gasteiger partial charge < -0.3 is 9.88 Å². The quantitative estimate of drug-likeness (QED) is 0.912. The molecule has 2 rings (SSSR count). The molecule has 1 aromatic carbocycles. The first-order chi connectivity index (χ1) is 9.61. The molecule has 0 aliphatic rings. The number of hydrogen-bond acceptors (Lipinski definition) is 3. The van der Waals surface area contributed by atoms with Gasteiger partial charge in [-0.15, -0.1) is 0 Å². The van der Waals surface area contributed by atoms with Gasteiger partial charge in [0, 0.05) is 18.9 Å². The van der Waals surface area contributed by atoms with Crippen molar-refractivity contribution in [3.8, 4) is 0 Å². The molecule has 1 aromatic heterocycles. The average molecular weight is 275 g/mol. The number of rotatable bonds is 5. The molecule has 106 valence electrons. The van der Waals surface area contributed by atoms with Gasteiger partial charge in [-0.1, -0.05) is 19.1 Å². The maximum atomic E-state index is 13.2. The van der Waals surface area contributed by atoms with E-state index in [1.165, 1.54) is 12.1 Å². The van der Waals surface area contributed by atoms with Gasteiger partial charge in [0.1, 0.15) is 5.82 Å². The Morgan fingerprint density at radius 3 is 2.95 bits per heavy atom. The summed E-state index contributed by atoms with van der Waals surface area (Å²) >= 11 is 0. The predicted octanol–water partition coefficient (Wildman–Crippen LogP) is 2.97. The highest BCUT2D eigenvalue weighted by Gasteiger charge is 2.10. The van der Waals surface area contributed by atoms with Crippen LogP contribution in [-0.2, 0) is 6.54 Å². The molecule has 0 radical (unpaired) electrons. The maximum Gasteiger partial charge on any atom is 0.293 e. The Kier molecular flexibility index (Phi) is 4.50. The summed E-state index contributed by atoms with van der Waals surface area (Å²) in [5.74, 6) is -0.00160. The van der Waals surface area contributed by atoms with Crippen molar-refractivity contribution in [2.75, 3.05) is 5.32 Å². The summed E-state index contributed by atoms with van der Waals surface area (Å²) in [5.41, 5.74) is 0.620. The van der Waals surface area contributed by atoms with Crippen LogP contribution in [0.2, 0.25) is 0 Å². The van der Waals surface area contributed by atoms with Crippen LogP contribution in [0.1, 0.15) is 31.9 Å².